The molecular weight excluding hydrogens is 539 g/mol. The van der Waals surface area contributed by atoms with E-state index >= 15 is 0 Å². The SMILES string of the molecule is CN(C)c1cn2c3ccccc3c3ccc[c-]c3c2n1.[CH3-].[Ir].[Y]. The second-order valence-corrected chi connectivity index (χ2v) is 5.16. The monoisotopic (exact) mass is 557 g/mol. The van der Waals surface area contributed by atoms with Gasteiger partial charge in [-0.1, -0.05) is 23.6 Å². The van der Waals surface area contributed by atoms with Crippen LogP contribution in [0.25, 0.3) is 27.3 Å². The van der Waals surface area contributed by atoms with Crippen LogP contribution in [-0.2, 0) is 52.8 Å². The predicted molar refractivity (Wildman–Crippen MR) is 89.8 cm³/mol. The first kappa shape index (κ1) is 20.2. The summed E-state index contributed by atoms with van der Waals surface area (Å²) in [6.45, 7) is 0. The third kappa shape index (κ3) is 3.23. The number of fused-ring (bicyclic) bond motifs is 6. The summed E-state index contributed by atoms with van der Waals surface area (Å²) in [5.74, 6) is 0.958. The van der Waals surface area contributed by atoms with Crippen LogP contribution in [0.3, 0.4) is 0 Å². The van der Waals surface area contributed by atoms with Crippen molar-refractivity contribution < 1.29 is 52.8 Å². The van der Waals surface area contributed by atoms with E-state index in [1.54, 1.807) is 0 Å². The number of nitrogens with zero attached hydrogens (tertiary/aromatic N) is 3. The fourth-order valence-corrected chi connectivity index (χ4v) is 2.70. The number of imidazole rings is 1. The molecular formula is C18H17IrN3Y-2. The van der Waals surface area contributed by atoms with Gasteiger partial charge in [0.05, 0.1) is 5.65 Å². The second-order valence-electron chi connectivity index (χ2n) is 5.16. The molecule has 0 saturated carbocycles. The van der Waals surface area contributed by atoms with Gasteiger partial charge in [0, 0.05) is 78.6 Å². The van der Waals surface area contributed by atoms with Crippen LogP contribution >= 0.6 is 0 Å². The van der Waals surface area contributed by atoms with E-state index in [-0.39, 0.29) is 60.2 Å². The topological polar surface area (TPSA) is 20.5 Å². The first-order valence-electron chi connectivity index (χ1n) is 6.63. The van der Waals surface area contributed by atoms with Gasteiger partial charge >= 0.3 is 0 Å². The molecule has 3 nitrogen and oxygen atoms in total. The van der Waals surface area contributed by atoms with Gasteiger partial charge in [-0.3, -0.25) is 4.98 Å². The van der Waals surface area contributed by atoms with E-state index in [2.05, 4.69) is 47.0 Å². The van der Waals surface area contributed by atoms with E-state index in [4.69, 9.17) is 4.98 Å². The van der Waals surface area contributed by atoms with Crippen LogP contribution in [0.1, 0.15) is 0 Å². The molecule has 2 aromatic heterocycles. The molecule has 4 aromatic rings. The summed E-state index contributed by atoms with van der Waals surface area (Å²) >= 11 is 0. The van der Waals surface area contributed by atoms with Crippen LogP contribution < -0.4 is 4.90 Å². The van der Waals surface area contributed by atoms with Crippen molar-refractivity contribution in [2.24, 2.45) is 0 Å². The Morgan fingerprint density at radius 2 is 1.74 bits per heavy atom. The number of aromatic nitrogens is 2. The zero-order chi connectivity index (χ0) is 13.7. The van der Waals surface area contributed by atoms with Gasteiger partial charge in [-0.15, -0.1) is 29.7 Å². The van der Waals surface area contributed by atoms with E-state index in [1.807, 2.05) is 31.1 Å². The molecule has 0 saturated heterocycles. The van der Waals surface area contributed by atoms with Gasteiger partial charge in [-0.05, 0) is 11.5 Å². The van der Waals surface area contributed by atoms with Crippen molar-refractivity contribution in [1.29, 1.82) is 0 Å². The van der Waals surface area contributed by atoms with Crippen molar-refractivity contribution in [3.8, 4) is 0 Å². The standard InChI is InChI=1S/C17H14N3.CH3.Ir.Y/c1-19(2)16-11-20-15-10-6-5-8-13(15)12-7-3-4-9-14(12)17(20)18-16;;;/h3-8,10-11H,1-2H3;1H3;;/q2*-1;;. The molecule has 2 aromatic carbocycles. The Labute approximate surface area is 175 Å². The van der Waals surface area contributed by atoms with Crippen LogP contribution in [0.4, 0.5) is 5.82 Å². The largest absolute Gasteiger partial charge is 0.362 e. The van der Waals surface area contributed by atoms with Crippen molar-refractivity contribution in [2.75, 3.05) is 19.0 Å². The van der Waals surface area contributed by atoms with E-state index in [0.29, 0.717) is 0 Å². The van der Waals surface area contributed by atoms with Gasteiger partial charge in [-0.25, -0.2) is 0 Å². The third-order valence-electron chi connectivity index (χ3n) is 3.68. The molecule has 118 valence electrons. The van der Waals surface area contributed by atoms with Crippen molar-refractivity contribution in [3.63, 3.8) is 0 Å². The second kappa shape index (κ2) is 7.85. The number of hydrogen-bond donors (Lipinski definition) is 0. The zero-order valence-corrected chi connectivity index (χ0v) is 18.6. The molecule has 5 heteroatoms. The number of hydrogen-bond acceptors (Lipinski definition) is 2. The van der Waals surface area contributed by atoms with Gasteiger partial charge in [0.25, 0.3) is 0 Å². The Bertz CT molecular complexity index is 874. The molecule has 0 bridgehead atoms. The Balaban J connectivity index is 0.000000882. The molecule has 4 rings (SSSR count). The van der Waals surface area contributed by atoms with E-state index in [0.717, 1.165) is 16.9 Å². The van der Waals surface area contributed by atoms with Crippen LogP contribution in [0.15, 0.2) is 48.7 Å². The van der Waals surface area contributed by atoms with Gasteiger partial charge in [-0.2, -0.15) is 0 Å². The molecule has 2 heterocycles. The Hall–Kier alpha value is -0.797. The number of pyridine rings is 1. The van der Waals surface area contributed by atoms with Crippen LogP contribution in [0.2, 0.25) is 0 Å². The molecule has 0 amide bonds. The predicted octanol–water partition coefficient (Wildman–Crippen LogP) is 3.95. The maximum Gasteiger partial charge on any atom is 0.136 e. The van der Waals surface area contributed by atoms with E-state index in [1.165, 1.54) is 16.3 Å². The van der Waals surface area contributed by atoms with E-state index < -0.39 is 0 Å². The summed E-state index contributed by atoms with van der Waals surface area (Å²) in [4.78, 5) is 6.77. The summed E-state index contributed by atoms with van der Waals surface area (Å²) in [6, 6.07) is 17.9. The summed E-state index contributed by atoms with van der Waals surface area (Å²) < 4.78 is 2.16. The molecule has 0 fully saturated rings. The maximum atomic E-state index is 4.75. The first-order chi connectivity index (χ1) is 9.75. The summed E-state index contributed by atoms with van der Waals surface area (Å²) in [5, 5.41) is 3.50. The number of rotatable bonds is 1. The summed E-state index contributed by atoms with van der Waals surface area (Å²) in [6.07, 6.45) is 2.08. The fraction of sp³-hybridized carbons (Fsp3) is 0.111. The number of anilines is 1. The Morgan fingerprint density at radius 1 is 1.04 bits per heavy atom. The minimum Gasteiger partial charge on any atom is -0.362 e. The molecule has 0 unspecified atom stereocenters. The fourth-order valence-electron chi connectivity index (χ4n) is 2.70. The molecule has 23 heavy (non-hydrogen) atoms. The van der Waals surface area contributed by atoms with Crippen molar-refractivity contribution >= 4 is 33.1 Å². The van der Waals surface area contributed by atoms with Crippen molar-refractivity contribution in [2.45, 2.75) is 0 Å². The Kier molecular flexibility index (Phi) is 6.91. The zero-order valence-electron chi connectivity index (χ0n) is 13.4. The van der Waals surface area contributed by atoms with Crippen molar-refractivity contribution in [3.05, 3.63) is 62.2 Å². The molecule has 0 N–H and O–H groups in total. The third-order valence-corrected chi connectivity index (χ3v) is 3.68. The van der Waals surface area contributed by atoms with Crippen LogP contribution in [0, 0.1) is 13.5 Å². The average Bonchev–Trinajstić information content (AvgIpc) is 2.93. The normalized spacial score (nSPS) is 10.0. The van der Waals surface area contributed by atoms with Gasteiger partial charge in [0.2, 0.25) is 0 Å². The molecule has 0 atom stereocenters. The molecule has 0 aliphatic rings. The van der Waals surface area contributed by atoms with Crippen LogP contribution in [-0.4, -0.2) is 23.5 Å². The van der Waals surface area contributed by atoms with E-state index in [9.17, 15) is 0 Å². The smallest absolute Gasteiger partial charge is 0.136 e. The van der Waals surface area contributed by atoms with Gasteiger partial charge in [0.1, 0.15) is 5.82 Å². The van der Waals surface area contributed by atoms with Crippen LogP contribution in [0.5, 0.6) is 0 Å². The minimum atomic E-state index is 0. The maximum absolute atomic E-state index is 4.75. The average molecular weight is 556 g/mol. The first-order valence-corrected chi connectivity index (χ1v) is 6.63. The summed E-state index contributed by atoms with van der Waals surface area (Å²) in [7, 11) is 4.02. The molecule has 2 radical (unpaired) electrons. The number of para-hydroxylation sites is 1. The molecule has 0 aliphatic carbocycles. The van der Waals surface area contributed by atoms with Gasteiger partial charge in [0.15, 0.2) is 0 Å². The Morgan fingerprint density at radius 3 is 2.48 bits per heavy atom. The number of benzene rings is 2. The van der Waals surface area contributed by atoms with Gasteiger partial charge < -0.3 is 16.7 Å². The molecule has 0 aliphatic heterocycles. The molecule has 0 spiro atoms. The summed E-state index contributed by atoms with van der Waals surface area (Å²) in [5.41, 5.74) is 2.14. The quantitative estimate of drug-likeness (QED) is 0.262. The van der Waals surface area contributed by atoms with Crippen molar-refractivity contribution in [1.82, 2.24) is 9.38 Å². The minimum absolute atomic E-state index is 0.